The summed E-state index contributed by atoms with van der Waals surface area (Å²) >= 11 is 0. The Kier molecular flexibility index (Phi) is 8.47. The van der Waals surface area contributed by atoms with Crippen LogP contribution in [0.3, 0.4) is 0 Å². The molecule has 21 heavy (non-hydrogen) atoms. The molecule has 0 aliphatic carbocycles. The van der Waals surface area contributed by atoms with Gasteiger partial charge in [-0.05, 0) is 31.0 Å². The molecule has 0 aromatic heterocycles. The van der Waals surface area contributed by atoms with Crippen LogP contribution in [0.4, 0.5) is 0 Å². The highest BCUT2D eigenvalue weighted by Crippen LogP contribution is 2.13. The van der Waals surface area contributed by atoms with Crippen molar-refractivity contribution in [2.24, 2.45) is 0 Å². The molecule has 0 unspecified atom stereocenters. The molecule has 0 radical (unpaired) electrons. The standard InChI is InChI=1S/C16H25NO4/c1-3-21-15-7-5-14(6-8-15)13-16(19)17(10-11-18)9-4-12-20-2/h5-8,18H,3-4,9-13H2,1-2H3. The van der Waals surface area contributed by atoms with Gasteiger partial charge in [0.1, 0.15) is 5.75 Å². The third-order valence-corrected chi connectivity index (χ3v) is 3.09. The minimum atomic E-state index is -0.0258. The summed E-state index contributed by atoms with van der Waals surface area (Å²) in [5.41, 5.74) is 0.943. The predicted octanol–water partition coefficient (Wildman–Crippen LogP) is 1.49. The SMILES string of the molecule is CCOc1ccc(CC(=O)N(CCO)CCCOC)cc1. The van der Waals surface area contributed by atoms with Gasteiger partial charge in [-0.15, -0.1) is 0 Å². The molecule has 1 amide bonds. The summed E-state index contributed by atoms with van der Waals surface area (Å²) < 4.78 is 10.4. The van der Waals surface area contributed by atoms with E-state index in [2.05, 4.69) is 0 Å². The van der Waals surface area contributed by atoms with Crippen LogP contribution in [-0.2, 0) is 16.0 Å². The number of carbonyl (C=O) groups is 1. The summed E-state index contributed by atoms with van der Waals surface area (Å²) in [4.78, 5) is 13.9. The van der Waals surface area contributed by atoms with Crippen molar-refractivity contribution in [2.75, 3.05) is 40.0 Å². The summed E-state index contributed by atoms with van der Waals surface area (Å²) in [6, 6.07) is 7.53. The average molecular weight is 295 g/mol. The van der Waals surface area contributed by atoms with Crippen molar-refractivity contribution < 1.29 is 19.4 Å². The molecule has 5 nitrogen and oxygen atoms in total. The zero-order valence-electron chi connectivity index (χ0n) is 12.9. The van der Waals surface area contributed by atoms with E-state index >= 15 is 0 Å². The van der Waals surface area contributed by atoms with Crippen LogP contribution in [0, 0.1) is 0 Å². The summed E-state index contributed by atoms with van der Waals surface area (Å²) in [5.74, 6) is 0.824. The second-order valence-corrected chi connectivity index (χ2v) is 4.70. The molecular formula is C16H25NO4. The third-order valence-electron chi connectivity index (χ3n) is 3.09. The largest absolute Gasteiger partial charge is 0.494 e. The van der Waals surface area contributed by atoms with Gasteiger partial charge in [0.2, 0.25) is 5.91 Å². The van der Waals surface area contributed by atoms with Gasteiger partial charge in [-0.2, -0.15) is 0 Å². The van der Waals surface area contributed by atoms with Crippen LogP contribution in [0.2, 0.25) is 0 Å². The second kappa shape index (κ2) is 10.2. The predicted molar refractivity (Wildman–Crippen MR) is 81.5 cm³/mol. The Hall–Kier alpha value is -1.59. The maximum atomic E-state index is 12.3. The van der Waals surface area contributed by atoms with Crippen molar-refractivity contribution in [3.63, 3.8) is 0 Å². The number of ether oxygens (including phenoxy) is 2. The van der Waals surface area contributed by atoms with Gasteiger partial charge in [0.15, 0.2) is 0 Å². The lowest BCUT2D eigenvalue weighted by atomic mass is 10.1. The molecule has 1 aromatic carbocycles. The van der Waals surface area contributed by atoms with Gasteiger partial charge in [-0.25, -0.2) is 0 Å². The first-order valence-electron chi connectivity index (χ1n) is 7.30. The fraction of sp³-hybridized carbons (Fsp3) is 0.562. The van der Waals surface area contributed by atoms with E-state index in [0.29, 0.717) is 32.7 Å². The van der Waals surface area contributed by atoms with E-state index < -0.39 is 0 Å². The van der Waals surface area contributed by atoms with Crippen LogP contribution in [0.1, 0.15) is 18.9 Å². The number of aliphatic hydroxyl groups is 1. The zero-order valence-corrected chi connectivity index (χ0v) is 12.9. The van der Waals surface area contributed by atoms with Crippen LogP contribution in [0.5, 0.6) is 5.75 Å². The lowest BCUT2D eigenvalue weighted by Crippen LogP contribution is -2.36. The number of methoxy groups -OCH3 is 1. The lowest BCUT2D eigenvalue weighted by molar-refractivity contribution is -0.131. The van der Waals surface area contributed by atoms with Crippen molar-refractivity contribution in [3.05, 3.63) is 29.8 Å². The van der Waals surface area contributed by atoms with E-state index in [-0.39, 0.29) is 12.5 Å². The van der Waals surface area contributed by atoms with Gasteiger partial charge < -0.3 is 19.5 Å². The molecule has 5 heteroatoms. The minimum Gasteiger partial charge on any atom is -0.494 e. The number of benzene rings is 1. The summed E-state index contributed by atoms with van der Waals surface area (Å²) in [7, 11) is 1.64. The topological polar surface area (TPSA) is 59.0 Å². The molecule has 0 aliphatic heterocycles. The molecule has 0 saturated heterocycles. The Bertz CT molecular complexity index is 405. The van der Waals surface area contributed by atoms with Crippen molar-refractivity contribution in [3.8, 4) is 5.75 Å². The molecule has 0 spiro atoms. The van der Waals surface area contributed by atoms with E-state index in [0.717, 1.165) is 17.7 Å². The molecule has 1 rings (SSSR count). The quantitative estimate of drug-likeness (QED) is 0.664. The minimum absolute atomic E-state index is 0.0179. The fourth-order valence-electron chi connectivity index (χ4n) is 2.04. The number of amides is 1. The van der Waals surface area contributed by atoms with Crippen LogP contribution >= 0.6 is 0 Å². The number of hydrogen-bond donors (Lipinski definition) is 1. The number of aliphatic hydroxyl groups excluding tert-OH is 1. The molecule has 0 heterocycles. The van der Waals surface area contributed by atoms with E-state index in [9.17, 15) is 4.79 Å². The van der Waals surface area contributed by atoms with Gasteiger partial charge >= 0.3 is 0 Å². The normalized spacial score (nSPS) is 10.4. The van der Waals surface area contributed by atoms with Gasteiger partial charge in [-0.1, -0.05) is 12.1 Å². The monoisotopic (exact) mass is 295 g/mol. The molecule has 0 fully saturated rings. The highest BCUT2D eigenvalue weighted by molar-refractivity contribution is 5.78. The second-order valence-electron chi connectivity index (χ2n) is 4.70. The van der Waals surface area contributed by atoms with Crippen molar-refractivity contribution in [2.45, 2.75) is 19.8 Å². The van der Waals surface area contributed by atoms with Crippen LogP contribution < -0.4 is 4.74 Å². The van der Waals surface area contributed by atoms with Crippen molar-refractivity contribution >= 4 is 5.91 Å². The first-order valence-corrected chi connectivity index (χ1v) is 7.30. The number of rotatable bonds is 10. The smallest absolute Gasteiger partial charge is 0.227 e. The molecule has 0 saturated carbocycles. The number of nitrogens with zero attached hydrogens (tertiary/aromatic N) is 1. The summed E-state index contributed by atoms with van der Waals surface area (Å²) in [5, 5.41) is 9.06. The van der Waals surface area contributed by atoms with Crippen molar-refractivity contribution in [1.82, 2.24) is 4.90 Å². The van der Waals surface area contributed by atoms with Crippen LogP contribution in [-0.4, -0.2) is 55.9 Å². The summed E-state index contributed by atoms with van der Waals surface area (Å²) in [6.07, 6.45) is 1.10. The fourth-order valence-corrected chi connectivity index (χ4v) is 2.04. The molecular weight excluding hydrogens is 270 g/mol. The maximum Gasteiger partial charge on any atom is 0.227 e. The highest BCUT2D eigenvalue weighted by Gasteiger charge is 2.13. The van der Waals surface area contributed by atoms with Gasteiger partial charge in [0, 0.05) is 26.8 Å². The molecule has 0 aliphatic rings. The molecule has 0 atom stereocenters. The Morgan fingerprint density at radius 3 is 2.52 bits per heavy atom. The molecule has 0 bridgehead atoms. The van der Waals surface area contributed by atoms with E-state index in [1.54, 1.807) is 12.0 Å². The van der Waals surface area contributed by atoms with E-state index in [1.165, 1.54) is 0 Å². The molecule has 1 N–H and O–H groups in total. The van der Waals surface area contributed by atoms with E-state index in [1.807, 2.05) is 31.2 Å². The Balaban J connectivity index is 2.54. The number of hydrogen-bond acceptors (Lipinski definition) is 4. The first kappa shape index (κ1) is 17.5. The molecule has 1 aromatic rings. The zero-order chi connectivity index (χ0) is 15.5. The summed E-state index contributed by atoms with van der Waals surface area (Å²) in [6.45, 7) is 4.11. The van der Waals surface area contributed by atoms with Gasteiger partial charge in [0.05, 0.1) is 19.6 Å². The molecule has 118 valence electrons. The Labute approximate surface area is 126 Å². The Morgan fingerprint density at radius 2 is 1.95 bits per heavy atom. The highest BCUT2D eigenvalue weighted by atomic mass is 16.5. The average Bonchev–Trinajstić information content (AvgIpc) is 2.49. The maximum absolute atomic E-state index is 12.3. The van der Waals surface area contributed by atoms with Crippen LogP contribution in [0.15, 0.2) is 24.3 Å². The van der Waals surface area contributed by atoms with Crippen molar-refractivity contribution in [1.29, 1.82) is 0 Å². The van der Waals surface area contributed by atoms with E-state index in [4.69, 9.17) is 14.6 Å². The Morgan fingerprint density at radius 1 is 1.24 bits per heavy atom. The van der Waals surface area contributed by atoms with Gasteiger partial charge in [0.25, 0.3) is 0 Å². The first-order chi connectivity index (χ1) is 10.2. The number of carbonyl (C=O) groups excluding carboxylic acids is 1. The third kappa shape index (κ3) is 6.60. The van der Waals surface area contributed by atoms with Gasteiger partial charge in [-0.3, -0.25) is 4.79 Å². The van der Waals surface area contributed by atoms with Crippen LogP contribution in [0.25, 0.3) is 0 Å². The lowest BCUT2D eigenvalue weighted by Gasteiger charge is -2.21.